The van der Waals surface area contributed by atoms with Crippen molar-refractivity contribution >= 4 is 16.7 Å². The third-order valence-corrected chi connectivity index (χ3v) is 5.58. The van der Waals surface area contributed by atoms with Gasteiger partial charge in [-0.3, -0.25) is 4.79 Å². The van der Waals surface area contributed by atoms with Gasteiger partial charge in [-0.1, -0.05) is 52.0 Å². The fourth-order valence-electron chi connectivity index (χ4n) is 4.08. The zero-order valence-corrected chi connectivity index (χ0v) is 19.7. The van der Waals surface area contributed by atoms with Crippen LogP contribution in [0.25, 0.3) is 33.4 Å². The van der Waals surface area contributed by atoms with E-state index in [2.05, 4.69) is 69.4 Å². The lowest BCUT2D eigenvalue weighted by Crippen LogP contribution is -2.06. The molecule has 0 radical (unpaired) electrons. The maximum absolute atomic E-state index is 12.3. The molecule has 164 valence electrons. The molecule has 0 atom stereocenters. The SMILES string of the molecule is CC.CCNc1cc2oc3cc(=O)c(C)cc-3c(-c3ccccc3C(C)C)c2cc1C.[HH]. The molecule has 4 rings (SSSR count). The standard InChI is InChI=1S/C26H27NO2.C2H6.H2/c1-6-27-22-13-24-20(11-16(22)4)26(19-10-8-7-9-18(19)15(2)3)21-12-17(5)23(28)14-25(21)29-24;1-2;/h7-15,27H,6H2,1-5H3;1-2H3;1H. The molecular formula is C28H35NO2. The van der Waals surface area contributed by atoms with Gasteiger partial charge in [0, 0.05) is 42.3 Å². The Morgan fingerprint density at radius 2 is 1.68 bits per heavy atom. The molecule has 31 heavy (non-hydrogen) atoms. The van der Waals surface area contributed by atoms with Gasteiger partial charge in [-0.05, 0) is 61.1 Å². The lowest BCUT2D eigenvalue weighted by atomic mass is 9.86. The molecule has 1 heterocycles. The van der Waals surface area contributed by atoms with Gasteiger partial charge < -0.3 is 9.73 Å². The maximum atomic E-state index is 12.3. The van der Waals surface area contributed by atoms with Crippen molar-refractivity contribution in [2.24, 2.45) is 0 Å². The van der Waals surface area contributed by atoms with Gasteiger partial charge in [0.25, 0.3) is 0 Å². The molecule has 1 aliphatic carbocycles. The number of rotatable bonds is 4. The largest absolute Gasteiger partial charge is 0.456 e. The van der Waals surface area contributed by atoms with E-state index >= 15 is 0 Å². The minimum Gasteiger partial charge on any atom is -0.456 e. The van der Waals surface area contributed by atoms with E-state index in [1.807, 2.05) is 26.8 Å². The summed E-state index contributed by atoms with van der Waals surface area (Å²) in [4.78, 5) is 12.3. The predicted octanol–water partition coefficient (Wildman–Crippen LogP) is 8.01. The van der Waals surface area contributed by atoms with Crippen LogP contribution < -0.4 is 10.7 Å². The number of benzene rings is 3. The van der Waals surface area contributed by atoms with E-state index in [0.717, 1.165) is 39.9 Å². The lowest BCUT2D eigenvalue weighted by Gasteiger charge is -2.20. The molecule has 2 aromatic rings. The third-order valence-electron chi connectivity index (χ3n) is 5.58. The topological polar surface area (TPSA) is 42.2 Å². The second-order valence-corrected chi connectivity index (χ2v) is 8.03. The van der Waals surface area contributed by atoms with E-state index in [1.54, 1.807) is 6.07 Å². The van der Waals surface area contributed by atoms with E-state index in [9.17, 15) is 4.79 Å². The number of aryl methyl sites for hydroxylation is 2. The summed E-state index contributed by atoms with van der Waals surface area (Å²) in [7, 11) is 0. The van der Waals surface area contributed by atoms with E-state index in [-0.39, 0.29) is 6.86 Å². The van der Waals surface area contributed by atoms with Gasteiger partial charge in [-0.2, -0.15) is 0 Å². The molecule has 3 heteroatoms. The second-order valence-electron chi connectivity index (χ2n) is 8.03. The van der Waals surface area contributed by atoms with Crippen LogP contribution in [0.1, 0.15) is 58.7 Å². The van der Waals surface area contributed by atoms with Crippen LogP contribution in [0.5, 0.6) is 0 Å². The van der Waals surface area contributed by atoms with E-state index in [0.29, 0.717) is 11.7 Å². The average Bonchev–Trinajstić information content (AvgIpc) is 2.76. The van der Waals surface area contributed by atoms with Gasteiger partial charge in [0.15, 0.2) is 5.43 Å². The number of anilines is 1. The molecular weight excluding hydrogens is 382 g/mol. The van der Waals surface area contributed by atoms with Crippen molar-refractivity contribution in [3.8, 4) is 22.5 Å². The normalized spacial score (nSPS) is 11.0. The Hall–Kier alpha value is -3.07. The molecule has 2 aromatic carbocycles. The van der Waals surface area contributed by atoms with Crippen LogP contribution in [0.4, 0.5) is 5.69 Å². The number of hydrogen-bond acceptors (Lipinski definition) is 3. The summed E-state index contributed by atoms with van der Waals surface area (Å²) in [5.74, 6) is 1.02. The van der Waals surface area contributed by atoms with Crippen molar-refractivity contribution in [2.75, 3.05) is 11.9 Å². The summed E-state index contributed by atoms with van der Waals surface area (Å²) in [5, 5.41) is 4.48. The van der Waals surface area contributed by atoms with Gasteiger partial charge in [-0.25, -0.2) is 0 Å². The smallest absolute Gasteiger partial charge is 0.185 e. The van der Waals surface area contributed by atoms with Gasteiger partial charge in [0.1, 0.15) is 11.3 Å². The van der Waals surface area contributed by atoms with Gasteiger partial charge in [-0.15, -0.1) is 0 Å². The van der Waals surface area contributed by atoms with Crippen molar-refractivity contribution in [2.45, 2.75) is 54.4 Å². The first-order chi connectivity index (χ1) is 14.9. The van der Waals surface area contributed by atoms with Gasteiger partial charge in [0.2, 0.25) is 0 Å². The highest BCUT2D eigenvalue weighted by Crippen LogP contribution is 2.43. The van der Waals surface area contributed by atoms with Crippen LogP contribution >= 0.6 is 0 Å². The molecule has 0 spiro atoms. The monoisotopic (exact) mass is 417 g/mol. The Balaban J connectivity index is 0.00000118. The summed E-state index contributed by atoms with van der Waals surface area (Å²) in [6, 6.07) is 16.4. The first kappa shape index (κ1) is 22.6. The van der Waals surface area contributed by atoms with Crippen molar-refractivity contribution in [1.29, 1.82) is 0 Å². The van der Waals surface area contributed by atoms with Crippen LogP contribution in [0.3, 0.4) is 0 Å². The molecule has 3 nitrogen and oxygen atoms in total. The van der Waals surface area contributed by atoms with Crippen molar-refractivity contribution in [3.63, 3.8) is 0 Å². The van der Waals surface area contributed by atoms with Gasteiger partial charge >= 0.3 is 0 Å². The second kappa shape index (κ2) is 9.38. The van der Waals surface area contributed by atoms with E-state index < -0.39 is 0 Å². The quantitative estimate of drug-likeness (QED) is 0.342. The first-order valence-electron chi connectivity index (χ1n) is 11.3. The Morgan fingerprint density at radius 1 is 0.968 bits per heavy atom. The molecule has 0 bridgehead atoms. The molecule has 0 aromatic heterocycles. The fraction of sp³-hybridized carbons (Fsp3) is 0.321. The van der Waals surface area contributed by atoms with Crippen LogP contribution in [0.2, 0.25) is 0 Å². The lowest BCUT2D eigenvalue weighted by molar-refractivity contribution is 0.619. The summed E-state index contributed by atoms with van der Waals surface area (Å²) >= 11 is 0. The molecule has 0 saturated heterocycles. The van der Waals surface area contributed by atoms with E-state index in [1.165, 1.54) is 16.7 Å². The highest BCUT2D eigenvalue weighted by atomic mass is 16.3. The summed E-state index contributed by atoms with van der Waals surface area (Å²) in [5.41, 5.74) is 8.36. The highest BCUT2D eigenvalue weighted by Gasteiger charge is 2.21. The Kier molecular flexibility index (Phi) is 6.84. The first-order valence-corrected chi connectivity index (χ1v) is 11.3. The number of fused-ring (bicyclic) bond motifs is 2. The molecule has 0 unspecified atom stereocenters. The van der Waals surface area contributed by atoms with Crippen molar-refractivity contribution < 1.29 is 5.84 Å². The minimum absolute atomic E-state index is 0. The molecule has 2 aliphatic rings. The van der Waals surface area contributed by atoms with Crippen LogP contribution in [-0.2, 0) is 0 Å². The summed E-state index contributed by atoms with van der Waals surface area (Å²) < 4.78 is 6.25. The zero-order chi connectivity index (χ0) is 22.7. The summed E-state index contributed by atoms with van der Waals surface area (Å²) in [6.45, 7) is 15.3. The van der Waals surface area contributed by atoms with E-state index in [4.69, 9.17) is 4.42 Å². The maximum Gasteiger partial charge on any atom is 0.185 e. The van der Waals surface area contributed by atoms with Crippen LogP contribution in [0.15, 0.2) is 57.7 Å². The van der Waals surface area contributed by atoms with Crippen molar-refractivity contribution in [1.82, 2.24) is 0 Å². The molecule has 1 N–H and O–H groups in total. The fourth-order valence-corrected chi connectivity index (χ4v) is 4.08. The van der Waals surface area contributed by atoms with Crippen LogP contribution in [-0.4, -0.2) is 6.54 Å². The number of nitrogens with one attached hydrogen (secondary N) is 1. The average molecular weight is 418 g/mol. The van der Waals surface area contributed by atoms with Crippen LogP contribution in [0, 0.1) is 13.8 Å². The Bertz CT molecular complexity index is 1240. The molecule has 0 amide bonds. The Morgan fingerprint density at radius 3 is 2.35 bits per heavy atom. The molecule has 1 aliphatic heterocycles. The number of hydrogen-bond donors (Lipinski definition) is 1. The predicted molar refractivity (Wildman–Crippen MR) is 136 cm³/mol. The molecule has 0 saturated carbocycles. The zero-order valence-electron chi connectivity index (χ0n) is 19.7. The minimum atomic E-state index is 0. The Labute approximate surface area is 186 Å². The third kappa shape index (κ3) is 4.23. The molecule has 0 fully saturated rings. The van der Waals surface area contributed by atoms with Crippen molar-refractivity contribution in [3.05, 3.63) is 75.4 Å². The summed E-state index contributed by atoms with van der Waals surface area (Å²) in [6.07, 6.45) is 0. The highest BCUT2D eigenvalue weighted by molar-refractivity contribution is 6.04. The van der Waals surface area contributed by atoms with Gasteiger partial charge in [0.05, 0.1) is 0 Å².